The van der Waals surface area contributed by atoms with Crippen molar-refractivity contribution in [3.05, 3.63) is 65.9 Å². The molecule has 0 saturated heterocycles. The summed E-state index contributed by atoms with van der Waals surface area (Å²) in [4.78, 5) is 17.9. The Hall–Kier alpha value is -2.46. The van der Waals surface area contributed by atoms with E-state index in [1.54, 1.807) is 6.20 Å². The molecule has 1 aliphatic rings. The lowest BCUT2D eigenvalue weighted by atomic mass is 9.59. The van der Waals surface area contributed by atoms with E-state index in [0.29, 0.717) is 0 Å². The molecule has 1 heterocycles. The van der Waals surface area contributed by atoms with Crippen molar-refractivity contribution in [3.63, 3.8) is 0 Å². The summed E-state index contributed by atoms with van der Waals surface area (Å²) >= 11 is 0. The lowest BCUT2D eigenvalue weighted by Gasteiger charge is -2.45. The van der Waals surface area contributed by atoms with E-state index in [2.05, 4.69) is 4.98 Å². The summed E-state index contributed by atoms with van der Waals surface area (Å²) in [7, 11) is 0. The molecule has 0 saturated carbocycles. The first kappa shape index (κ1) is 19.3. The molecule has 2 aromatic rings. The van der Waals surface area contributed by atoms with E-state index in [4.69, 9.17) is 4.74 Å². The summed E-state index contributed by atoms with van der Waals surface area (Å²) < 4.78 is 5.85. The number of rotatable bonds is 3. The molecule has 0 fully saturated rings. The van der Waals surface area contributed by atoms with Crippen molar-refractivity contribution in [1.82, 2.24) is 4.98 Å². The molecular weight excluding hydrogens is 338 g/mol. The highest BCUT2D eigenvalue weighted by atomic mass is 16.6. The fourth-order valence-corrected chi connectivity index (χ4v) is 3.77. The molecule has 0 radical (unpaired) electrons. The molecule has 0 spiro atoms. The number of carbonyl (C=O) groups excluding carboxylic acids is 1. The Balaban J connectivity index is 2.23. The molecule has 0 bridgehead atoms. The van der Waals surface area contributed by atoms with Gasteiger partial charge in [-0.2, -0.15) is 0 Å². The summed E-state index contributed by atoms with van der Waals surface area (Å²) in [5.41, 5.74) is 0.340. The minimum Gasteiger partial charge on any atom is -0.459 e. The number of benzene rings is 1. The highest BCUT2D eigenvalue weighted by Gasteiger charge is 2.53. The number of carbonyl (C=O) groups is 1. The van der Waals surface area contributed by atoms with Gasteiger partial charge < -0.3 is 9.84 Å². The number of esters is 1. The van der Waals surface area contributed by atoms with Crippen LogP contribution in [0, 0.1) is 5.41 Å². The molecule has 0 amide bonds. The van der Waals surface area contributed by atoms with Crippen LogP contribution >= 0.6 is 0 Å². The number of fused-ring (bicyclic) bond motifs is 1. The second-order valence-electron chi connectivity index (χ2n) is 8.65. The fraction of sp³-hybridized carbons (Fsp3) is 0.391. The van der Waals surface area contributed by atoms with Crippen molar-refractivity contribution in [2.45, 2.75) is 45.6 Å². The van der Waals surface area contributed by atoms with Crippen molar-refractivity contribution < 1.29 is 14.6 Å². The standard InChI is InChI=1S/C23H27NO3/c1-21(2,3)27-20(26)23(11-10-16(15-25)14-22(23,4)5)18-8-9-19-17(13-18)7-6-12-24-19/h6-14,25H,15H2,1-5H3. The summed E-state index contributed by atoms with van der Waals surface area (Å²) in [6.07, 6.45) is 7.42. The topological polar surface area (TPSA) is 59.4 Å². The van der Waals surface area contributed by atoms with E-state index >= 15 is 0 Å². The van der Waals surface area contributed by atoms with Crippen LogP contribution in [-0.2, 0) is 14.9 Å². The first-order valence-corrected chi connectivity index (χ1v) is 9.20. The zero-order valence-corrected chi connectivity index (χ0v) is 16.6. The number of pyridine rings is 1. The van der Waals surface area contributed by atoms with Crippen LogP contribution in [0.2, 0.25) is 0 Å². The van der Waals surface area contributed by atoms with Gasteiger partial charge in [-0.3, -0.25) is 9.78 Å². The molecule has 0 aliphatic heterocycles. The molecule has 142 valence electrons. The lowest BCUT2D eigenvalue weighted by molar-refractivity contribution is -0.163. The molecule has 1 atom stereocenters. The van der Waals surface area contributed by atoms with Crippen molar-refractivity contribution in [2.75, 3.05) is 6.61 Å². The Bertz CT molecular complexity index is 934. The summed E-state index contributed by atoms with van der Waals surface area (Å²) in [6.45, 7) is 9.56. The van der Waals surface area contributed by atoms with Gasteiger partial charge in [-0.05, 0) is 50.1 Å². The minimum absolute atomic E-state index is 0.0635. The number of hydrogen-bond acceptors (Lipinski definition) is 4. The highest BCUT2D eigenvalue weighted by molar-refractivity contribution is 5.91. The number of ether oxygens (including phenoxy) is 1. The maximum Gasteiger partial charge on any atom is 0.321 e. The van der Waals surface area contributed by atoms with Gasteiger partial charge in [0.1, 0.15) is 11.0 Å². The second-order valence-corrected chi connectivity index (χ2v) is 8.65. The quantitative estimate of drug-likeness (QED) is 0.823. The van der Waals surface area contributed by atoms with E-state index < -0.39 is 16.4 Å². The number of nitrogens with zero attached hydrogens (tertiary/aromatic N) is 1. The van der Waals surface area contributed by atoms with E-state index in [1.807, 2.05) is 83.2 Å². The Morgan fingerprint density at radius 3 is 2.59 bits per heavy atom. The van der Waals surface area contributed by atoms with Crippen LogP contribution in [0.15, 0.2) is 60.3 Å². The Morgan fingerprint density at radius 1 is 1.22 bits per heavy atom. The van der Waals surface area contributed by atoms with Gasteiger partial charge >= 0.3 is 5.97 Å². The first-order chi connectivity index (χ1) is 12.6. The zero-order valence-electron chi connectivity index (χ0n) is 16.6. The van der Waals surface area contributed by atoms with Crippen LogP contribution in [0.3, 0.4) is 0 Å². The van der Waals surface area contributed by atoms with Gasteiger partial charge in [-0.25, -0.2) is 0 Å². The number of aliphatic hydroxyl groups is 1. The number of allylic oxidation sites excluding steroid dienone is 1. The molecule has 1 aliphatic carbocycles. The Kier molecular flexibility index (Phi) is 4.73. The summed E-state index contributed by atoms with van der Waals surface area (Å²) in [6, 6.07) is 9.77. The number of aromatic nitrogens is 1. The molecule has 1 N–H and O–H groups in total. The fourth-order valence-electron chi connectivity index (χ4n) is 3.77. The zero-order chi connectivity index (χ0) is 19.9. The van der Waals surface area contributed by atoms with Gasteiger partial charge in [0.05, 0.1) is 12.1 Å². The van der Waals surface area contributed by atoms with Gasteiger partial charge in [-0.1, -0.05) is 44.2 Å². The predicted octanol–water partition coefficient (Wildman–Crippen LogP) is 4.33. The van der Waals surface area contributed by atoms with Crippen LogP contribution in [0.5, 0.6) is 0 Å². The smallest absolute Gasteiger partial charge is 0.321 e. The van der Waals surface area contributed by atoms with Gasteiger partial charge in [0.2, 0.25) is 0 Å². The third-order valence-electron chi connectivity index (χ3n) is 5.07. The average molecular weight is 365 g/mol. The van der Waals surface area contributed by atoms with Crippen molar-refractivity contribution in [1.29, 1.82) is 0 Å². The summed E-state index contributed by atoms with van der Waals surface area (Å²) in [5, 5.41) is 10.6. The van der Waals surface area contributed by atoms with Crippen LogP contribution in [-0.4, -0.2) is 28.3 Å². The third-order valence-corrected chi connectivity index (χ3v) is 5.07. The maximum atomic E-state index is 13.5. The highest BCUT2D eigenvalue weighted by Crippen LogP contribution is 2.49. The Labute approximate surface area is 160 Å². The third kappa shape index (κ3) is 3.42. The molecular formula is C23H27NO3. The van der Waals surface area contributed by atoms with Crippen LogP contribution < -0.4 is 0 Å². The van der Waals surface area contributed by atoms with E-state index in [-0.39, 0.29) is 12.6 Å². The molecule has 1 aromatic carbocycles. The predicted molar refractivity (Wildman–Crippen MR) is 107 cm³/mol. The van der Waals surface area contributed by atoms with Crippen LogP contribution in [0.4, 0.5) is 0 Å². The lowest BCUT2D eigenvalue weighted by Crippen LogP contribution is -2.50. The van der Waals surface area contributed by atoms with E-state index in [1.165, 1.54) is 0 Å². The van der Waals surface area contributed by atoms with Crippen molar-refractivity contribution >= 4 is 16.9 Å². The normalized spacial score (nSPS) is 21.8. The summed E-state index contributed by atoms with van der Waals surface area (Å²) in [5.74, 6) is -0.298. The van der Waals surface area contributed by atoms with Crippen molar-refractivity contribution in [2.24, 2.45) is 5.41 Å². The van der Waals surface area contributed by atoms with Gasteiger partial charge in [-0.15, -0.1) is 0 Å². The SMILES string of the molecule is CC(C)(C)OC(=O)C1(c2ccc3ncccc3c2)C=CC(CO)=CC1(C)C. The van der Waals surface area contributed by atoms with Gasteiger partial charge in [0.25, 0.3) is 0 Å². The average Bonchev–Trinajstić information content (AvgIpc) is 2.59. The monoisotopic (exact) mass is 365 g/mol. The van der Waals surface area contributed by atoms with Gasteiger partial charge in [0.15, 0.2) is 0 Å². The molecule has 4 heteroatoms. The maximum absolute atomic E-state index is 13.5. The number of aliphatic hydroxyl groups excluding tert-OH is 1. The van der Waals surface area contributed by atoms with Crippen molar-refractivity contribution in [3.8, 4) is 0 Å². The molecule has 1 unspecified atom stereocenters. The largest absolute Gasteiger partial charge is 0.459 e. The second kappa shape index (κ2) is 6.61. The van der Waals surface area contributed by atoms with E-state index in [0.717, 1.165) is 22.0 Å². The molecule has 27 heavy (non-hydrogen) atoms. The molecule has 3 rings (SSSR count). The first-order valence-electron chi connectivity index (χ1n) is 9.20. The van der Waals surface area contributed by atoms with Crippen LogP contribution in [0.1, 0.15) is 40.2 Å². The van der Waals surface area contributed by atoms with E-state index in [9.17, 15) is 9.90 Å². The minimum atomic E-state index is -0.997. The van der Waals surface area contributed by atoms with Gasteiger partial charge in [0, 0.05) is 17.0 Å². The molecule has 1 aromatic heterocycles. The van der Waals surface area contributed by atoms with Crippen LogP contribution in [0.25, 0.3) is 10.9 Å². The Morgan fingerprint density at radius 2 is 1.96 bits per heavy atom. The molecule has 4 nitrogen and oxygen atoms in total. The number of hydrogen-bond donors (Lipinski definition) is 1.